The molecule has 7 heteroatoms. The van der Waals surface area contributed by atoms with E-state index in [1.807, 2.05) is 38.1 Å². The van der Waals surface area contributed by atoms with Crippen LogP contribution >= 0.6 is 0 Å². The summed E-state index contributed by atoms with van der Waals surface area (Å²) in [5.41, 5.74) is 7.77. The van der Waals surface area contributed by atoms with Gasteiger partial charge in [0.15, 0.2) is 11.5 Å². The highest BCUT2D eigenvalue weighted by atomic mass is 16.2. The Morgan fingerprint density at radius 3 is 2.78 bits per heavy atom. The number of fused-ring (bicyclic) bond motifs is 1. The van der Waals surface area contributed by atoms with Crippen molar-refractivity contribution < 1.29 is 4.79 Å². The van der Waals surface area contributed by atoms with E-state index in [1.165, 1.54) is 12.4 Å². The first-order valence-corrected chi connectivity index (χ1v) is 7.44. The highest BCUT2D eigenvalue weighted by Crippen LogP contribution is 2.21. The highest BCUT2D eigenvalue weighted by molar-refractivity contribution is 5.96. The molecule has 2 heterocycles. The van der Waals surface area contributed by atoms with Crippen LogP contribution in [0.5, 0.6) is 0 Å². The molecule has 0 saturated carbocycles. The van der Waals surface area contributed by atoms with Gasteiger partial charge in [-0.3, -0.25) is 4.79 Å². The van der Waals surface area contributed by atoms with Crippen LogP contribution in [0, 0.1) is 0 Å². The maximum atomic E-state index is 12.3. The molecule has 1 amide bonds. The number of para-hydroxylation sites is 2. The Bertz CT molecular complexity index is 857. The number of nitrogens with one attached hydrogen (secondary N) is 1. The summed E-state index contributed by atoms with van der Waals surface area (Å²) in [5.74, 6) is 0.545. The number of aryl methyl sites for hydroxylation is 1. The summed E-state index contributed by atoms with van der Waals surface area (Å²) in [6, 6.07) is 7.62. The van der Waals surface area contributed by atoms with Crippen LogP contribution in [0.25, 0.3) is 11.0 Å². The Labute approximate surface area is 133 Å². The first-order valence-electron chi connectivity index (χ1n) is 7.44. The fourth-order valence-corrected chi connectivity index (χ4v) is 2.61. The lowest BCUT2D eigenvalue weighted by atomic mass is 10.2. The topological polar surface area (TPSA) is 98.7 Å². The van der Waals surface area contributed by atoms with Gasteiger partial charge in [0, 0.05) is 18.9 Å². The van der Waals surface area contributed by atoms with Crippen LogP contribution < -0.4 is 11.1 Å². The second kappa shape index (κ2) is 6.04. The van der Waals surface area contributed by atoms with Gasteiger partial charge in [0.25, 0.3) is 5.91 Å². The number of carbonyl (C=O) groups excluding carboxylic acids is 1. The molecule has 23 heavy (non-hydrogen) atoms. The number of hydrogen-bond donors (Lipinski definition) is 2. The number of nitrogens with zero attached hydrogens (tertiary/aromatic N) is 4. The molecule has 0 aliphatic rings. The van der Waals surface area contributed by atoms with Crippen LogP contribution in [0.2, 0.25) is 0 Å². The molecule has 0 saturated heterocycles. The molecule has 0 fully saturated rings. The van der Waals surface area contributed by atoms with Gasteiger partial charge in [-0.1, -0.05) is 12.1 Å². The van der Waals surface area contributed by atoms with E-state index in [4.69, 9.17) is 5.73 Å². The first kappa shape index (κ1) is 15.0. The number of hydrogen-bond acceptors (Lipinski definition) is 5. The molecule has 0 aliphatic carbocycles. The number of nitrogen functional groups attached to an aromatic ring is 1. The Balaban J connectivity index is 1.90. The third-order valence-corrected chi connectivity index (χ3v) is 3.68. The summed E-state index contributed by atoms with van der Waals surface area (Å²) in [7, 11) is 0. The molecule has 0 spiro atoms. The lowest BCUT2D eigenvalue weighted by Crippen LogP contribution is -2.30. The summed E-state index contributed by atoms with van der Waals surface area (Å²) in [6.45, 7) is 4.70. The summed E-state index contributed by atoms with van der Waals surface area (Å²) in [5, 5.41) is 2.88. The Hall–Kier alpha value is -2.96. The quantitative estimate of drug-likeness (QED) is 0.767. The van der Waals surface area contributed by atoms with Crippen molar-refractivity contribution in [2.75, 3.05) is 5.73 Å². The zero-order valence-electron chi connectivity index (χ0n) is 13.0. The van der Waals surface area contributed by atoms with Crippen LogP contribution in [-0.2, 0) is 6.54 Å². The van der Waals surface area contributed by atoms with Crippen molar-refractivity contribution in [2.45, 2.75) is 26.4 Å². The molecule has 7 nitrogen and oxygen atoms in total. The molecular weight excluding hydrogens is 292 g/mol. The van der Waals surface area contributed by atoms with Crippen LogP contribution in [0.4, 0.5) is 5.82 Å². The predicted molar refractivity (Wildman–Crippen MR) is 87.7 cm³/mol. The van der Waals surface area contributed by atoms with E-state index >= 15 is 0 Å². The smallest absolute Gasteiger partial charge is 0.274 e. The SMILES string of the molecule is CCn1c(C(C)NC(=O)c2nccnc2N)nc2ccccc21. The van der Waals surface area contributed by atoms with Crippen LogP contribution in [-0.4, -0.2) is 25.4 Å². The van der Waals surface area contributed by atoms with Gasteiger partial charge in [-0.05, 0) is 26.0 Å². The zero-order valence-corrected chi connectivity index (χ0v) is 13.0. The van der Waals surface area contributed by atoms with Gasteiger partial charge in [-0.2, -0.15) is 0 Å². The number of nitrogens with two attached hydrogens (primary N) is 1. The molecule has 0 bridgehead atoms. The molecule has 1 unspecified atom stereocenters. The van der Waals surface area contributed by atoms with Crippen molar-refractivity contribution >= 4 is 22.8 Å². The van der Waals surface area contributed by atoms with E-state index in [2.05, 4.69) is 24.8 Å². The third kappa shape index (κ3) is 2.73. The number of anilines is 1. The van der Waals surface area contributed by atoms with E-state index in [0.29, 0.717) is 0 Å². The number of rotatable bonds is 4. The maximum absolute atomic E-state index is 12.3. The summed E-state index contributed by atoms with van der Waals surface area (Å²) in [6.07, 6.45) is 2.89. The monoisotopic (exact) mass is 310 g/mol. The Morgan fingerprint density at radius 2 is 2.04 bits per heavy atom. The molecule has 3 N–H and O–H groups in total. The fraction of sp³-hybridized carbons (Fsp3) is 0.250. The molecule has 118 valence electrons. The molecule has 0 aliphatic heterocycles. The largest absolute Gasteiger partial charge is 0.382 e. The number of aromatic nitrogens is 4. The van der Waals surface area contributed by atoms with Gasteiger partial charge < -0.3 is 15.6 Å². The molecular formula is C16H18N6O. The van der Waals surface area contributed by atoms with E-state index in [-0.39, 0.29) is 23.5 Å². The number of carbonyl (C=O) groups is 1. The Kier molecular flexibility index (Phi) is 3.92. The zero-order chi connectivity index (χ0) is 16.4. The van der Waals surface area contributed by atoms with E-state index < -0.39 is 0 Å². The van der Waals surface area contributed by atoms with Gasteiger partial charge in [0.05, 0.1) is 17.1 Å². The lowest BCUT2D eigenvalue weighted by Gasteiger charge is -2.15. The molecule has 1 aromatic carbocycles. The van der Waals surface area contributed by atoms with E-state index in [1.54, 1.807) is 0 Å². The molecule has 2 aromatic heterocycles. The average molecular weight is 310 g/mol. The fourth-order valence-electron chi connectivity index (χ4n) is 2.61. The van der Waals surface area contributed by atoms with Crippen molar-refractivity contribution in [1.82, 2.24) is 24.8 Å². The van der Waals surface area contributed by atoms with Crippen molar-refractivity contribution in [3.8, 4) is 0 Å². The van der Waals surface area contributed by atoms with Crippen LogP contribution in [0.1, 0.15) is 36.2 Å². The number of benzene rings is 1. The van der Waals surface area contributed by atoms with E-state index in [0.717, 1.165) is 23.4 Å². The summed E-state index contributed by atoms with van der Waals surface area (Å²) >= 11 is 0. The second-order valence-corrected chi connectivity index (χ2v) is 5.19. The second-order valence-electron chi connectivity index (χ2n) is 5.19. The number of amides is 1. The van der Waals surface area contributed by atoms with Gasteiger partial charge in [0.1, 0.15) is 5.82 Å². The number of imidazole rings is 1. The predicted octanol–water partition coefficient (Wildman–Crippen LogP) is 1.92. The van der Waals surface area contributed by atoms with Crippen LogP contribution in [0.3, 0.4) is 0 Å². The average Bonchev–Trinajstić information content (AvgIpc) is 2.93. The third-order valence-electron chi connectivity index (χ3n) is 3.68. The summed E-state index contributed by atoms with van der Waals surface area (Å²) in [4.78, 5) is 24.8. The summed E-state index contributed by atoms with van der Waals surface area (Å²) < 4.78 is 2.08. The standard InChI is InChI=1S/C16H18N6O/c1-3-22-12-7-5-4-6-11(12)21-15(22)10(2)20-16(23)13-14(17)19-9-8-18-13/h4-10H,3H2,1-2H3,(H2,17,19)(H,20,23). The van der Waals surface area contributed by atoms with Gasteiger partial charge >= 0.3 is 0 Å². The van der Waals surface area contributed by atoms with Gasteiger partial charge in [0.2, 0.25) is 0 Å². The normalized spacial score (nSPS) is 12.3. The van der Waals surface area contributed by atoms with Crippen molar-refractivity contribution in [2.24, 2.45) is 0 Å². The Morgan fingerprint density at radius 1 is 1.30 bits per heavy atom. The van der Waals surface area contributed by atoms with E-state index in [9.17, 15) is 4.79 Å². The molecule has 3 rings (SSSR count). The molecule has 3 aromatic rings. The van der Waals surface area contributed by atoms with Crippen molar-refractivity contribution in [1.29, 1.82) is 0 Å². The lowest BCUT2D eigenvalue weighted by molar-refractivity contribution is 0.0933. The van der Waals surface area contributed by atoms with Crippen molar-refractivity contribution in [3.05, 3.63) is 48.2 Å². The van der Waals surface area contributed by atoms with Gasteiger partial charge in [-0.15, -0.1) is 0 Å². The first-order chi connectivity index (χ1) is 11.1. The highest BCUT2D eigenvalue weighted by Gasteiger charge is 2.20. The minimum Gasteiger partial charge on any atom is -0.382 e. The molecule has 0 radical (unpaired) electrons. The maximum Gasteiger partial charge on any atom is 0.274 e. The minimum atomic E-state index is -0.363. The van der Waals surface area contributed by atoms with Crippen molar-refractivity contribution in [3.63, 3.8) is 0 Å². The molecule has 1 atom stereocenters. The van der Waals surface area contributed by atoms with Crippen LogP contribution in [0.15, 0.2) is 36.7 Å². The van der Waals surface area contributed by atoms with Gasteiger partial charge in [-0.25, -0.2) is 15.0 Å². The minimum absolute atomic E-state index is 0.112.